The van der Waals surface area contributed by atoms with Gasteiger partial charge in [-0.25, -0.2) is 13.6 Å². The summed E-state index contributed by atoms with van der Waals surface area (Å²) in [6, 6.07) is 3.61. The van der Waals surface area contributed by atoms with E-state index < -0.39 is 34.7 Å². The zero-order valence-corrected chi connectivity index (χ0v) is 17.4. The lowest BCUT2D eigenvalue weighted by atomic mass is 9.61. The van der Waals surface area contributed by atoms with Gasteiger partial charge in [-0.2, -0.15) is 0 Å². The summed E-state index contributed by atoms with van der Waals surface area (Å²) in [5.41, 5.74) is 0.124. The number of halogens is 2. The van der Waals surface area contributed by atoms with E-state index in [4.69, 9.17) is 0 Å². The van der Waals surface area contributed by atoms with Crippen LogP contribution in [0, 0.1) is 17.0 Å². The maximum absolute atomic E-state index is 13.6. The molecule has 1 aliphatic carbocycles. The predicted octanol–water partition coefficient (Wildman–Crippen LogP) is 4.02. The topological polar surface area (TPSA) is 66.8 Å². The van der Waals surface area contributed by atoms with E-state index >= 15 is 0 Å². The van der Waals surface area contributed by atoms with E-state index in [0.717, 1.165) is 12.1 Å². The van der Waals surface area contributed by atoms with Gasteiger partial charge in [0, 0.05) is 11.5 Å². The highest BCUT2D eigenvalue weighted by atomic mass is 19.2. The number of ether oxygens (including phenoxy) is 1. The third-order valence-electron chi connectivity index (χ3n) is 5.70. The molecule has 1 aliphatic rings. The first-order chi connectivity index (χ1) is 13.4. The molecule has 0 amide bonds. The molecule has 0 aliphatic heterocycles. The Kier molecular flexibility index (Phi) is 6.81. The predicted molar refractivity (Wildman–Crippen MR) is 107 cm³/mol. The standard InChI is InChI=1S/C23H28F2O4/c1-14(10-21(27)29-5)8-9-23(28)15(2)17(20(26)13-22(23,3)4)11-16-6-7-18(24)19(25)12-16/h6-10,12,20,26,28H,11,13H2,1-5H3/b9-8+,14-10-/t20?,23-/m1/s1. The fraction of sp³-hybridized carbons (Fsp3) is 0.435. The van der Waals surface area contributed by atoms with Crippen LogP contribution in [0.1, 0.15) is 39.7 Å². The van der Waals surface area contributed by atoms with E-state index in [1.807, 2.05) is 13.8 Å². The quantitative estimate of drug-likeness (QED) is 0.335. The summed E-state index contributed by atoms with van der Waals surface area (Å²) in [6.07, 6.45) is 4.20. The second-order valence-electron chi connectivity index (χ2n) is 8.19. The molecule has 0 bridgehead atoms. The van der Waals surface area contributed by atoms with Crippen molar-refractivity contribution >= 4 is 5.97 Å². The minimum Gasteiger partial charge on any atom is -0.466 e. The molecule has 29 heavy (non-hydrogen) atoms. The molecule has 158 valence electrons. The van der Waals surface area contributed by atoms with Crippen LogP contribution in [0.2, 0.25) is 0 Å². The summed E-state index contributed by atoms with van der Waals surface area (Å²) < 4.78 is 31.4. The smallest absolute Gasteiger partial charge is 0.330 e. The SMILES string of the molecule is COC(=O)/C=C(C)\C=C\[C@@]1(O)C(C)=C(Cc2ccc(F)c(F)c2)C(O)CC1(C)C. The highest BCUT2D eigenvalue weighted by Crippen LogP contribution is 2.48. The molecule has 0 spiro atoms. The number of carbonyl (C=O) groups excluding carboxylic acids is 1. The first-order valence-electron chi connectivity index (χ1n) is 9.41. The van der Waals surface area contributed by atoms with Crippen molar-refractivity contribution < 1.29 is 28.5 Å². The normalized spacial score (nSPS) is 24.9. The Balaban J connectivity index is 2.46. The number of esters is 1. The Hall–Kier alpha value is -2.31. The minimum atomic E-state index is -1.40. The van der Waals surface area contributed by atoms with E-state index in [1.54, 1.807) is 26.0 Å². The van der Waals surface area contributed by atoms with Gasteiger partial charge in [0.2, 0.25) is 0 Å². The summed E-state index contributed by atoms with van der Waals surface area (Å²) in [5, 5.41) is 22.2. The van der Waals surface area contributed by atoms with Crippen LogP contribution >= 0.6 is 0 Å². The molecule has 0 saturated heterocycles. The average Bonchev–Trinajstić information content (AvgIpc) is 2.64. The first-order valence-corrected chi connectivity index (χ1v) is 9.41. The van der Waals surface area contributed by atoms with Crippen LogP contribution in [0.5, 0.6) is 0 Å². The Morgan fingerprint density at radius 1 is 1.31 bits per heavy atom. The van der Waals surface area contributed by atoms with Crippen molar-refractivity contribution in [1.82, 2.24) is 0 Å². The van der Waals surface area contributed by atoms with Crippen molar-refractivity contribution in [1.29, 1.82) is 0 Å². The lowest BCUT2D eigenvalue weighted by Gasteiger charge is -2.48. The van der Waals surface area contributed by atoms with Crippen LogP contribution in [0.3, 0.4) is 0 Å². The third-order valence-corrected chi connectivity index (χ3v) is 5.70. The highest BCUT2D eigenvalue weighted by Gasteiger charge is 2.49. The number of benzene rings is 1. The van der Waals surface area contributed by atoms with E-state index in [-0.39, 0.29) is 12.8 Å². The van der Waals surface area contributed by atoms with Crippen LogP contribution in [-0.4, -0.2) is 35.0 Å². The Morgan fingerprint density at radius 2 is 1.97 bits per heavy atom. The molecule has 2 rings (SSSR count). The van der Waals surface area contributed by atoms with Crippen molar-refractivity contribution in [2.45, 2.75) is 52.2 Å². The summed E-state index contributed by atoms with van der Waals surface area (Å²) >= 11 is 0. The zero-order valence-electron chi connectivity index (χ0n) is 17.4. The third kappa shape index (κ3) is 4.82. The average molecular weight is 406 g/mol. The molecule has 4 nitrogen and oxygen atoms in total. The van der Waals surface area contributed by atoms with E-state index in [9.17, 15) is 23.8 Å². The maximum Gasteiger partial charge on any atom is 0.330 e. The number of hydrogen-bond donors (Lipinski definition) is 2. The number of allylic oxidation sites excluding steroid dienone is 2. The van der Waals surface area contributed by atoms with Crippen molar-refractivity contribution in [3.63, 3.8) is 0 Å². The number of methoxy groups -OCH3 is 1. The van der Waals surface area contributed by atoms with Gasteiger partial charge >= 0.3 is 5.97 Å². The molecule has 1 aromatic rings. The number of hydrogen-bond acceptors (Lipinski definition) is 4. The fourth-order valence-corrected chi connectivity index (χ4v) is 3.78. The van der Waals surface area contributed by atoms with E-state index in [0.29, 0.717) is 22.3 Å². The minimum absolute atomic E-state index is 0.188. The molecule has 0 heterocycles. The van der Waals surface area contributed by atoms with Crippen molar-refractivity contribution in [2.24, 2.45) is 5.41 Å². The molecular formula is C23H28F2O4. The fourth-order valence-electron chi connectivity index (χ4n) is 3.78. The van der Waals surface area contributed by atoms with Gasteiger partial charge in [-0.1, -0.05) is 26.0 Å². The number of carbonyl (C=O) groups is 1. The number of rotatable bonds is 5. The molecule has 0 radical (unpaired) electrons. The van der Waals surface area contributed by atoms with Gasteiger partial charge in [0.15, 0.2) is 11.6 Å². The molecule has 1 aromatic carbocycles. The summed E-state index contributed by atoms with van der Waals surface area (Å²) in [5.74, 6) is -2.38. The maximum atomic E-state index is 13.6. The van der Waals surface area contributed by atoms with Gasteiger partial charge in [0.05, 0.1) is 13.2 Å². The van der Waals surface area contributed by atoms with Crippen molar-refractivity contribution in [3.8, 4) is 0 Å². The zero-order chi connectivity index (χ0) is 22.0. The lowest BCUT2D eigenvalue weighted by Crippen LogP contribution is -2.50. The van der Waals surface area contributed by atoms with Crippen LogP contribution in [0.15, 0.2) is 53.1 Å². The van der Waals surface area contributed by atoms with E-state index in [2.05, 4.69) is 4.74 Å². The lowest BCUT2D eigenvalue weighted by molar-refractivity contribution is -0.134. The van der Waals surface area contributed by atoms with E-state index in [1.165, 1.54) is 19.3 Å². The second kappa shape index (κ2) is 8.59. The Morgan fingerprint density at radius 3 is 2.55 bits per heavy atom. The molecule has 0 saturated carbocycles. The highest BCUT2D eigenvalue weighted by molar-refractivity contribution is 5.83. The molecule has 2 atom stereocenters. The van der Waals surface area contributed by atoms with Gasteiger partial charge in [0.25, 0.3) is 0 Å². The van der Waals surface area contributed by atoms with Gasteiger partial charge in [-0.05, 0) is 67.2 Å². The molecule has 6 heteroatoms. The number of aliphatic hydroxyl groups excluding tert-OH is 1. The molecule has 0 fully saturated rings. The largest absolute Gasteiger partial charge is 0.466 e. The van der Waals surface area contributed by atoms with Crippen molar-refractivity contribution in [3.05, 3.63) is 70.3 Å². The Bertz CT molecular complexity index is 883. The molecular weight excluding hydrogens is 378 g/mol. The molecule has 1 unspecified atom stereocenters. The summed E-state index contributed by atoms with van der Waals surface area (Å²) in [4.78, 5) is 11.4. The van der Waals surface area contributed by atoms with Gasteiger partial charge in [-0.15, -0.1) is 0 Å². The van der Waals surface area contributed by atoms with Gasteiger partial charge in [0.1, 0.15) is 5.60 Å². The second-order valence-corrected chi connectivity index (χ2v) is 8.19. The van der Waals surface area contributed by atoms with Crippen LogP contribution in [0.4, 0.5) is 8.78 Å². The first kappa shape index (κ1) is 23.0. The van der Waals surface area contributed by atoms with Gasteiger partial charge < -0.3 is 14.9 Å². The van der Waals surface area contributed by atoms with Crippen LogP contribution < -0.4 is 0 Å². The van der Waals surface area contributed by atoms with Crippen LogP contribution in [-0.2, 0) is 16.0 Å². The molecule has 0 aromatic heterocycles. The van der Waals surface area contributed by atoms with Crippen molar-refractivity contribution in [2.75, 3.05) is 7.11 Å². The van der Waals surface area contributed by atoms with Gasteiger partial charge in [-0.3, -0.25) is 0 Å². The van der Waals surface area contributed by atoms with Crippen LogP contribution in [0.25, 0.3) is 0 Å². The summed E-state index contributed by atoms with van der Waals surface area (Å²) in [7, 11) is 1.28. The Labute approximate surface area is 170 Å². The monoisotopic (exact) mass is 406 g/mol. The number of aliphatic hydroxyl groups is 2. The summed E-state index contributed by atoms with van der Waals surface area (Å²) in [6.45, 7) is 7.13. The molecule has 2 N–H and O–H groups in total.